The average molecular weight is 297 g/mol. The second-order valence-electron chi connectivity index (χ2n) is 3.64. The summed E-state index contributed by atoms with van der Waals surface area (Å²) in [5.74, 6) is 0.752. The Morgan fingerprint density at radius 2 is 2.24 bits per heavy atom. The maximum Gasteiger partial charge on any atom is 0.236 e. The van der Waals surface area contributed by atoms with Gasteiger partial charge in [0.2, 0.25) is 9.05 Å². The van der Waals surface area contributed by atoms with Crippen LogP contribution in [0.5, 0.6) is 11.5 Å². The van der Waals surface area contributed by atoms with Gasteiger partial charge in [0.1, 0.15) is 0 Å². The van der Waals surface area contributed by atoms with Crippen molar-refractivity contribution < 1.29 is 17.9 Å². The van der Waals surface area contributed by atoms with Crippen LogP contribution < -0.4 is 9.47 Å². The number of benzene rings is 1. The van der Waals surface area contributed by atoms with E-state index in [-0.39, 0.29) is 5.75 Å². The molecule has 0 bridgehead atoms. The second kappa shape index (κ2) is 4.55. The van der Waals surface area contributed by atoms with Crippen LogP contribution in [-0.2, 0) is 21.2 Å². The summed E-state index contributed by atoms with van der Waals surface area (Å²) in [6, 6.07) is 1.55. The van der Waals surface area contributed by atoms with Crippen LogP contribution in [0.2, 0.25) is 5.02 Å². The largest absolute Gasteiger partial charge is 0.493 e. The molecule has 1 aromatic rings. The Morgan fingerprint density at radius 1 is 1.53 bits per heavy atom. The Kier molecular flexibility index (Phi) is 3.43. The maximum absolute atomic E-state index is 11.1. The van der Waals surface area contributed by atoms with E-state index in [1.807, 2.05) is 0 Å². The number of ether oxygens (including phenoxy) is 2. The Hall–Kier alpha value is -0.650. The molecular weight excluding hydrogens is 287 g/mol. The van der Waals surface area contributed by atoms with Gasteiger partial charge in [0.15, 0.2) is 11.5 Å². The van der Waals surface area contributed by atoms with Gasteiger partial charge in [-0.1, -0.05) is 11.6 Å². The first kappa shape index (κ1) is 12.8. The van der Waals surface area contributed by atoms with Crippen molar-refractivity contribution in [1.29, 1.82) is 0 Å². The van der Waals surface area contributed by atoms with Gasteiger partial charge in [-0.3, -0.25) is 0 Å². The van der Waals surface area contributed by atoms with E-state index in [2.05, 4.69) is 0 Å². The van der Waals surface area contributed by atoms with Crippen LogP contribution in [-0.4, -0.2) is 22.1 Å². The lowest BCUT2D eigenvalue weighted by Gasteiger charge is -2.11. The van der Waals surface area contributed by atoms with Crippen molar-refractivity contribution >= 4 is 31.3 Å². The third kappa shape index (κ3) is 2.61. The standard InChI is InChI=1S/C10H10Cl2O4S/c1-15-8-4-6(5-17(12,13)14)9(11)7-2-3-16-10(7)8/h4H,2-3,5H2,1H3. The average Bonchev–Trinajstić information content (AvgIpc) is 2.69. The lowest BCUT2D eigenvalue weighted by atomic mass is 10.1. The van der Waals surface area contributed by atoms with Crippen molar-refractivity contribution in [2.75, 3.05) is 13.7 Å². The molecule has 1 aromatic carbocycles. The zero-order valence-corrected chi connectivity index (χ0v) is 11.3. The number of hydrogen-bond acceptors (Lipinski definition) is 4. The molecule has 0 N–H and O–H groups in total. The number of hydrogen-bond donors (Lipinski definition) is 0. The van der Waals surface area contributed by atoms with Crippen LogP contribution in [0.3, 0.4) is 0 Å². The molecule has 0 aliphatic carbocycles. The smallest absolute Gasteiger partial charge is 0.236 e. The summed E-state index contributed by atoms with van der Waals surface area (Å²) < 4.78 is 32.7. The van der Waals surface area contributed by atoms with Crippen LogP contribution in [0.25, 0.3) is 0 Å². The topological polar surface area (TPSA) is 52.6 Å². The number of rotatable bonds is 3. The van der Waals surface area contributed by atoms with Crippen molar-refractivity contribution in [2.24, 2.45) is 0 Å². The van der Waals surface area contributed by atoms with Gasteiger partial charge in [-0.05, 0) is 11.6 Å². The monoisotopic (exact) mass is 296 g/mol. The molecule has 0 amide bonds. The summed E-state index contributed by atoms with van der Waals surface area (Å²) in [6.45, 7) is 0.516. The summed E-state index contributed by atoms with van der Waals surface area (Å²) in [5, 5.41) is 0.391. The first-order valence-corrected chi connectivity index (χ1v) is 7.71. The third-order valence-corrected chi connectivity index (χ3v) is 3.95. The molecule has 0 saturated heterocycles. The van der Waals surface area contributed by atoms with E-state index in [9.17, 15) is 8.42 Å². The van der Waals surface area contributed by atoms with Gasteiger partial charge in [-0.25, -0.2) is 8.42 Å². The van der Waals surface area contributed by atoms with Gasteiger partial charge in [-0.2, -0.15) is 0 Å². The Labute approximate surface area is 109 Å². The quantitative estimate of drug-likeness (QED) is 0.804. The summed E-state index contributed by atoms with van der Waals surface area (Å²) >= 11 is 6.13. The Bertz CT molecular complexity index is 554. The molecule has 0 unspecified atom stereocenters. The van der Waals surface area contributed by atoms with Gasteiger partial charge >= 0.3 is 0 Å². The predicted octanol–water partition coefficient (Wildman–Crippen LogP) is 2.35. The lowest BCUT2D eigenvalue weighted by Crippen LogP contribution is -1.99. The molecule has 7 heteroatoms. The highest BCUT2D eigenvalue weighted by Crippen LogP contribution is 2.42. The predicted molar refractivity (Wildman–Crippen MR) is 65.7 cm³/mol. The van der Waals surface area contributed by atoms with Gasteiger partial charge in [0.25, 0.3) is 0 Å². The van der Waals surface area contributed by atoms with E-state index in [0.717, 1.165) is 5.56 Å². The van der Waals surface area contributed by atoms with Crippen LogP contribution in [0.4, 0.5) is 0 Å². The van der Waals surface area contributed by atoms with E-state index in [1.54, 1.807) is 6.07 Å². The molecule has 94 valence electrons. The summed E-state index contributed by atoms with van der Waals surface area (Å²) in [5.41, 5.74) is 1.21. The molecule has 0 fully saturated rings. The molecule has 17 heavy (non-hydrogen) atoms. The Balaban J connectivity index is 2.54. The van der Waals surface area contributed by atoms with E-state index >= 15 is 0 Å². The van der Waals surface area contributed by atoms with Gasteiger partial charge in [-0.15, -0.1) is 0 Å². The van der Waals surface area contributed by atoms with Gasteiger partial charge in [0.05, 0.1) is 24.5 Å². The summed E-state index contributed by atoms with van der Waals surface area (Å²) in [4.78, 5) is 0. The van der Waals surface area contributed by atoms with Crippen LogP contribution in [0, 0.1) is 0 Å². The molecular formula is C10H10Cl2O4S. The minimum Gasteiger partial charge on any atom is -0.493 e. The minimum absolute atomic E-state index is 0.322. The molecule has 0 spiro atoms. The van der Waals surface area contributed by atoms with Crippen molar-refractivity contribution in [1.82, 2.24) is 0 Å². The van der Waals surface area contributed by atoms with Crippen molar-refractivity contribution in [3.8, 4) is 11.5 Å². The minimum atomic E-state index is -3.65. The molecule has 0 saturated carbocycles. The summed E-state index contributed by atoms with van der Waals surface area (Å²) in [7, 11) is 3.07. The normalized spacial score (nSPS) is 14.3. The maximum atomic E-state index is 11.1. The molecule has 1 heterocycles. The Morgan fingerprint density at radius 3 is 2.82 bits per heavy atom. The van der Waals surface area contributed by atoms with Gasteiger partial charge < -0.3 is 9.47 Å². The second-order valence-corrected chi connectivity index (χ2v) is 6.80. The van der Waals surface area contributed by atoms with Crippen molar-refractivity contribution in [3.63, 3.8) is 0 Å². The van der Waals surface area contributed by atoms with Gasteiger partial charge in [0, 0.05) is 22.7 Å². The highest BCUT2D eigenvalue weighted by atomic mass is 35.7. The molecule has 0 atom stereocenters. The van der Waals surface area contributed by atoms with Crippen LogP contribution in [0.15, 0.2) is 6.07 Å². The van der Waals surface area contributed by atoms with E-state index in [1.165, 1.54) is 7.11 Å². The van der Waals surface area contributed by atoms with E-state index in [4.69, 9.17) is 31.8 Å². The number of methoxy groups -OCH3 is 1. The fourth-order valence-electron chi connectivity index (χ4n) is 1.81. The molecule has 0 radical (unpaired) electrons. The zero-order valence-electron chi connectivity index (χ0n) is 9.00. The molecule has 1 aliphatic rings. The van der Waals surface area contributed by atoms with Crippen molar-refractivity contribution in [3.05, 3.63) is 22.2 Å². The van der Waals surface area contributed by atoms with Crippen LogP contribution >= 0.6 is 22.3 Å². The molecule has 2 rings (SSSR count). The summed E-state index contributed by atoms with van der Waals surface area (Å²) in [6.07, 6.45) is 0.640. The first-order chi connectivity index (χ1) is 7.92. The lowest BCUT2D eigenvalue weighted by molar-refractivity contribution is 0.326. The third-order valence-electron chi connectivity index (χ3n) is 2.50. The zero-order chi connectivity index (χ0) is 12.6. The number of halogens is 2. The van der Waals surface area contributed by atoms with Crippen molar-refractivity contribution in [2.45, 2.75) is 12.2 Å². The molecule has 1 aliphatic heterocycles. The molecule has 0 aromatic heterocycles. The highest BCUT2D eigenvalue weighted by Gasteiger charge is 2.24. The number of fused-ring (bicyclic) bond motifs is 1. The highest BCUT2D eigenvalue weighted by molar-refractivity contribution is 8.13. The molecule has 4 nitrogen and oxygen atoms in total. The fourth-order valence-corrected chi connectivity index (χ4v) is 3.14. The van der Waals surface area contributed by atoms with Crippen LogP contribution in [0.1, 0.15) is 11.1 Å². The first-order valence-electron chi connectivity index (χ1n) is 4.85. The fraction of sp³-hybridized carbons (Fsp3) is 0.400. The van der Waals surface area contributed by atoms with E-state index in [0.29, 0.717) is 35.1 Å². The van der Waals surface area contributed by atoms with E-state index < -0.39 is 9.05 Å². The SMILES string of the molecule is COc1cc(CS(=O)(=O)Cl)c(Cl)c2c1OCC2.